The van der Waals surface area contributed by atoms with E-state index in [0.717, 1.165) is 0 Å². The van der Waals surface area contributed by atoms with Crippen molar-refractivity contribution in [1.82, 2.24) is 4.90 Å². The van der Waals surface area contributed by atoms with E-state index in [4.69, 9.17) is 15.2 Å². The van der Waals surface area contributed by atoms with Gasteiger partial charge in [0.25, 0.3) is 0 Å². The van der Waals surface area contributed by atoms with Crippen molar-refractivity contribution in [2.45, 2.75) is 24.6 Å². The van der Waals surface area contributed by atoms with Crippen molar-refractivity contribution in [2.24, 2.45) is 5.73 Å². The van der Waals surface area contributed by atoms with E-state index >= 15 is 0 Å². The third kappa shape index (κ3) is 3.26. The van der Waals surface area contributed by atoms with Crippen LogP contribution in [0.2, 0.25) is 0 Å². The molecule has 7 heteroatoms. The Morgan fingerprint density at radius 2 is 2.22 bits per heavy atom. The first kappa shape index (κ1) is 16.0. The molecule has 1 aromatic rings. The highest BCUT2D eigenvalue weighted by molar-refractivity contribution is 5.98. The lowest BCUT2D eigenvalue weighted by molar-refractivity contribution is -0.119. The highest BCUT2D eigenvalue weighted by Crippen LogP contribution is 2.34. The van der Waals surface area contributed by atoms with Gasteiger partial charge in [-0.15, -0.1) is 0 Å². The zero-order valence-corrected chi connectivity index (χ0v) is 13.4. The molecule has 3 N–H and O–H groups in total. The van der Waals surface area contributed by atoms with Gasteiger partial charge in [0.1, 0.15) is 30.8 Å². The summed E-state index contributed by atoms with van der Waals surface area (Å²) < 4.78 is 11.4. The molecule has 0 aromatic heterocycles. The van der Waals surface area contributed by atoms with Gasteiger partial charge in [0.2, 0.25) is 5.91 Å². The number of aliphatic hydroxyl groups is 1. The third-order valence-electron chi connectivity index (χ3n) is 4.47. The molecule has 2 heterocycles. The fraction of sp³-hybridized carbons (Fsp3) is 0.562. The van der Waals surface area contributed by atoms with Gasteiger partial charge in [-0.25, -0.2) is 0 Å². The number of fused-ring (bicyclic) bond motifs is 1. The Kier molecular flexibility index (Phi) is 4.43. The molecule has 7 nitrogen and oxygen atoms in total. The Bertz CT molecular complexity index is 595. The number of amides is 1. The molecule has 0 aliphatic carbocycles. The van der Waals surface area contributed by atoms with Crippen molar-refractivity contribution in [3.05, 3.63) is 18.2 Å². The van der Waals surface area contributed by atoms with Crippen LogP contribution in [0.5, 0.6) is 11.5 Å². The Morgan fingerprint density at radius 1 is 1.43 bits per heavy atom. The molecule has 0 bridgehead atoms. The van der Waals surface area contributed by atoms with Gasteiger partial charge in [-0.05, 0) is 25.6 Å². The van der Waals surface area contributed by atoms with Crippen LogP contribution < -0.4 is 20.1 Å². The van der Waals surface area contributed by atoms with Crippen molar-refractivity contribution in [3.8, 4) is 11.5 Å². The van der Waals surface area contributed by atoms with Crippen LogP contribution in [0.25, 0.3) is 0 Å². The molecule has 2 aliphatic heterocycles. The van der Waals surface area contributed by atoms with Gasteiger partial charge in [-0.3, -0.25) is 9.69 Å². The summed E-state index contributed by atoms with van der Waals surface area (Å²) in [6.45, 7) is 1.33. The van der Waals surface area contributed by atoms with Crippen LogP contribution in [0.3, 0.4) is 0 Å². The molecule has 0 unspecified atom stereocenters. The molecule has 1 fully saturated rings. The van der Waals surface area contributed by atoms with Crippen molar-refractivity contribution in [3.63, 3.8) is 0 Å². The van der Waals surface area contributed by atoms with Crippen LogP contribution in [0.4, 0.5) is 5.69 Å². The molecule has 3 atom stereocenters. The first-order valence-corrected chi connectivity index (χ1v) is 7.77. The molecule has 2 aliphatic rings. The number of likely N-dealkylation sites (tertiary alicyclic amines) is 1. The van der Waals surface area contributed by atoms with E-state index in [1.165, 1.54) is 4.90 Å². The van der Waals surface area contributed by atoms with E-state index in [0.29, 0.717) is 36.8 Å². The number of carbonyl (C=O) groups excluding carboxylic acids is 1. The standard InChI is InChI=1S/C16H23N3O4/c1-18-7-11(20)5-10(18)8-22-12-3-4-15-14(6-12)19(2)16(21)13(17)9-23-15/h3-4,6,10-11,13,20H,5,7-9,17H2,1-2H3/t10-,11+,13-/m0/s1. The summed E-state index contributed by atoms with van der Waals surface area (Å²) in [5, 5.41) is 9.68. The highest BCUT2D eigenvalue weighted by Gasteiger charge is 2.29. The predicted molar refractivity (Wildman–Crippen MR) is 85.9 cm³/mol. The fourth-order valence-electron chi connectivity index (χ4n) is 3.03. The minimum Gasteiger partial charge on any atom is -0.492 e. The van der Waals surface area contributed by atoms with Gasteiger partial charge >= 0.3 is 0 Å². The zero-order chi connectivity index (χ0) is 16.6. The Morgan fingerprint density at radius 3 is 2.91 bits per heavy atom. The molecule has 3 rings (SSSR count). The first-order valence-electron chi connectivity index (χ1n) is 7.77. The van der Waals surface area contributed by atoms with Crippen LogP contribution in [-0.4, -0.2) is 68.0 Å². The molecular formula is C16H23N3O4. The molecule has 1 saturated heterocycles. The molecular weight excluding hydrogens is 298 g/mol. The number of β-amino-alcohol motifs (C(OH)–C–C–N with tert-alkyl or cyclic N) is 1. The Labute approximate surface area is 135 Å². The average molecular weight is 321 g/mol. The van der Waals surface area contributed by atoms with Gasteiger partial charge in [0, 0.05) is 25.7 Å². The lowest BCUT2D eigenvalue weighted by atomic mass is 10.2. The number of hydrogen-bond acceptors (Lipinski definition) is 6. The number of benzene rings is 1. The lowest BCUT2D eigenvalue weighted by Gasteiger charge is -2.21. The number of rotatable bonds is 3. The number of carbonyl (C=O) groups is 1. The molecule has 0 spiro atoms. The summed E-state index contributed by atoms with van der Waals surface area (Å²) in [6, 6.07) is 4.92. The first-order chi connectivity index (χ1) is 11.0. The van der Waals surface area contributed by atoms with Crippen LogP contribution in [-0.2, 0) is 4.79 Å². The van der Waals surface area contributed by atoms with Crippen LogP contribution in [0.15, 0.2) is 18.2 Å². The lowest BCUT2D eigenvalue weighted by Crippen LogP contribution is -2.43. The van der Waals surface area contributed by atoms with E-state index < -0.39 is 6.04 Å². The smallest absolute Gasteiger partial charge is 0.247 e. The number of likely N-dealkylation sites (N-methyl/N-ethyl adjacent to an activating group) is 2. The summed E-state index contributed by atoms with van der Waals surface area (Å²) in [7, 11) is 3.66. The van der Waals surface area contributed by atoms with Crippen molar-refractivity contribution < 1.29 is 19.4 Å². The van der Waals surface area contributed by atoms with Gasteiger partial charge in [0.15, 0.2) is 0 Å². The minimum atomic E-state index is -0.662. The second-order valence-electron chi connectivity index (χ2n) is 6.24. The second-order valence-corrected chi connectivity index (χ2v) is 6.24. The van der Waals surface area contributed by atoms with Gasteiger partial charge < -0.3 is 25.2 Å². The topological polar surface area (TPSA) is 88.3 Å². The number of hydrogen-bond donors (Lipinski definition) is 2. The van der Waals surface area contributed by atoms with E-state index in [1.54, 1.807) is 19.2 Å². The fourth-order valence-corrected chi connectivity index (χ4v) is 3.03. The highest BCUT2D eigenvalue weighted by atomic mass is 16.5. The molecule has 0 saturated carbocycles. The molecule has 1 aromatic carbocycles. The number of nitrogens with zero attached hydrogens (tertiary/aromatic N) is 2. The quantitative estimate of drug-likeness (QED) is 0.802. The van der Waals surface area contributed by atoms with Crippen LogP contribution in [0.1, 0.15) is 6.42 Å². The maximum Gasteiger partial charge on any atom is 0.247 e. The Balaban J connectivity index is 1.72. The largest absolute Gasteiger partial charge is 0.492 e. The summed E-state index contributed by atoms with van der Waals surface area (Å²) >= 11 is 0. The SMILES string of the molecule is CN1C(=O)[C@@H](N)COc2ccc(OC[C@@H]3C[C@@H](O)CN3C)cc21. The number of aliphatic hydroxyl groups excluding tert-OH is 1. The zero-order valence-electron chi connectivity index (χ0n) is 13.4. The van der Waals surface area contributed by atoms with Gasteiger partial charge in [-0.1, -0.05) is 0 Å². The summed E-state index contributed by atoms with van der Waals surface area (Å²) in [5.74, 6) is 1.10. The van der Waals surface area contributed by atoms with Crippen molar-refractivity contribution >= 4 is 11.6 Å². The van der Waals surface area contributed by atoms with Crippen molar-refractivity contribution in [2.75, 3.05) is 38.8 Å². The van der Waals surface area contributed by atoms with Crippen molar-refractivity contribution in [1.29, 1.82) is 0 Å². The average Bonchev–Trinajstić information content (AvgIpc) is 2.82. The predicted octanol–water partition coefficient (Wildman–Crippen LogP) is -0.187. The monoisotopic (exact) mass is 321 g/mol. The van der Waals surface area contributed by atoms with Gasteiger partial charge in [-0.2, -0.15) is 0 Å². The molecule has 23 heavy (non-hydrogen) atoms. The number of ether oxygens (including phenoxy) is 2. The maximum absolute atomic E-state index is 12.1. The number of nitrogens with two attached hydrogens (primary N) is 1. The van der Waals surface area contributed by atoms with E-state index in [1.807, 2.05) is 13.1 Å². The number of anilines is 1. The molecule has 1 amide bonds. The molecule has 126 valence electrons. The maximum atomic E-state index is 12.1. The third-order valence-corrected chi connectivity index (χ3v) is 4.47. The Hall–Kier alpha value is -1.83. The molecule has 0 radical (unpaired) electrons. The summed E-state index contributed by atoms with van der Waals surface area (Å²) in [4.78, 5) is 15.7. The normalized spacial score (nSPS) is 28.3. The van der Waals surface area contributed by atoms with E-state index in [-0.39, 0.29) is 24.7 Å². The summed E-state index contributed by atoms with van der Waals surface area (Å²) in [5.41, 5.74) is 6.43. The van der Waals surface area contributed by atoms with Crippen LogP contribution >= 0.6 is 0 Å². The second kappa shape index (κ2) is 6.35. The van der Waals surface area contributed by atoms with E-state index in [2.05, 4.69) is 4.90 Å². The van der Waals surface area contributed by atoms with Gasteiger partial charge in [0.05, 0.1) is 11.8 Å². The minimum absolute atomic E-state index is 0.168. The summed E-state index contributed by atoms with van der Waals surface area (Å²) in [6.07, 6.45) is 0.414. The van der Waals surface area contributed by atoms with E-state index in [9.17, 15) is 9.90 Å². The van der Waals surface area contributed by atoms with Crippen LogP contribution in [0, 0.1) is 0 Å².